The summed E-state index contributed by atoms with van der Waals surface area (Å²) >= 11 is 1.88. The van der Waals surface area contributed by atoms with Crippen LogP contribution in [0.1, 0.15) is 50.0 Å². The maximum atomic E-state index is 4.67. The predicted octanol–water partition coefficient (Wildman–Crippen LogP) is 3.52. The van der Waals surface area contributed by atoms with Gasteiger partial charge in [-0.15, -0.1) is 0 Å². The fourth-order valence-corrected chi connectivity index (χ4v) is 2.82. The van der Waals surface area contributed by atoms with Gasteiger partial charge < -0.3 is 5.32 Å². The lowest BCUT2D eigenvalue weighted by Gasteiger charge is -2.16. The van der Waals surface area contributed by atoms with E-state index in [1.54, 1.807) is 0 Å². The zero-order valence-corrected chi connectivity index (χ0v) is 14.4. The van der Waals surface area contributed by atoms with Crippen molar-refractivity contribution in [1.82, 2.24) is 15.3 Å². The second kappa shape index (κ2) is 9.35. The number of aryl methyl sites for hydroxylation is 2. The highest BCUT2D eigenvalue weighted by Gasteiger charge is 2.12. The van der Waals surface area contributed by atoms with E-state index in [4.69, 9.17) is 0 Å². The van der Waals surface area contributed by atoms with Gasteiger partial charge in [0.1, 0.15) is 5.82 Å². The molecule has 1 aromatic rings. The van der Waals surface area contributed by atoms with Gasteiger partial charge in [0.2, 0.25) is 0 Å². The van der Waals surface area contributed by atoms with Gasteiger partial charge in [0, 0.05) is 11.4 Å². The standard InChI is InChI=1S/C16H29N3S/c1-6-8-17-10-12(3)9-15-13(4)18-16(11-20-7-2)19-14(15)5/h12,17H,6-11H2,1-5H3. The number of nitrogens with zero attached hydrogens (tertiary/aromatic N) is 2. The molecule has 1 atom stereocenters. The number of hydrogen-bond donors (Lipinski definition) is 1. The van der Waals surface area contributed by atoms with Gasteiger partial charge in [-0.25, -0.2) is 9.97 Å². The summed E-state index contributed by atoms with van der Waals surface area (Å²) in [6.45, 7) is 13.1. The van der Waals surface area contributed by atoms with Crippen LogP contribution in [0.25, 0.3) is 0 Å². The maximum absolute atomic E-state index is 4.67. The first-order valence-electron chi connectivity index (χ1n) is 7.69. The van der Waals surface area contributed by atoms with Crippen molar-refractivity contribution in [1.29, 1.82) is 0 Å². The summed E-state index contributed by atoms with van der Waals surface area (Å²) in [7, 11) is 0. The summed E-state index contributed by atoms with van der Waals surface area (Å²) in [5.74, 6) is 3.64. The third-order valence-electron chi connectivity index (χ3n) is 3.37. The molecule has 1 heterocycles. The first-order valence-corrected chi connectivity index (χ1v) is 8.85. The highest BCUT2D eigenvalue weighted by atomic mass is 32.2. The Hall–Kier alpha value is -0.610. The smallest absolute Gasteiger partial charge is 0.138 e. The van der Waals surface area contributed by atoms with Crippen molar-refractivity contribution in [3.8, 4) is 0 Å². The molecule has 0 spiro atoms. The maximum Gasteiger partial charge on any atom is 0.138 e. The number of rotatable bonds is 9. The number of thioether (sulfide) groups is 1. The Labute approximate surface area is 128 Å². The van der Waals surface area contributed by atoms with Crippen LogP contribution in [0, 0.1) is 19.8 Å². The van der Waals surface area contributed by atoms with Gasteiger partial charge in [0.15, 0.2) is 0 Å². The van der Waals surface area contributed by atoms with Crippen LogP contribution in [-0.2, 0) is 12.2 Å². The summed E-state index contributed by atoms with van der Waals surface area (Å²) < 4.78 is 0. The van der Waals surface area contributed by atoms with Gasteiger partial charge in [-0.05, 0) is 57.0 Å². The third-order valence-corrected chi connectivity index (χ3v) is 4.25. The topological polar surface area (TPSA) is 37.8 Å². The zero-order valence-electron chi connectivity index (χ0n) is 13.6. The molecule has 20 heavy (non-hydrogen) atoms. The van der Waals surface area contributed by atoms with Gasteiger partial charge >= 0.3 is 0 Å². The molecule has 0 fully saturated rings. The highest BCUT2D eigenvalue weighted by Crippen LogP contribution is 2.17. The van der Waals surface area contributed by atoms with Crippen molar-refractivity contribution >= 4 is 11.8 Å². The van der Waals surface area contributed by atoms with Crippen molar-refractivity contribution in [2.24, 2.45) is 5.92 Å². The molecule has 0 radical (unpaired) electrons. The van der Waals surface area contributed by atoms with E-state index in [2.05, 4.69) is 49.9 Å². The molecule has 0 saturated heterocycles. The second-order valence-corrected chi connectivity index (χ2v) is 6.71. The molecule has 0 aliphatic carbocycles. The van der Waals surface area contributed by atoms with Crippen LogP contribution < -0.4 is 5.32 Å². The largest absolute Gasteiger partial charge is 0.316 e. The van der Waals surface area contributed by atoms with Crippen LogP contribution in [-0.4, -0.2) is 28.8 Å². The number of aromatic nitrogens is 2. The Balaban J connectivity index is 2.65. The van der Waals surface area contributed by atoms with E-state index in [1.807, 2.05) is 11.8 Å². The zero-order chi connectivity index (χ0) is 15.0. The summed E-state index contributed by atoms with van der Waals surface area (Å²) in [5, 5.41) is 3.49. The molecule has 0 aliphatic rings. The molecule has 0 aromatic carbocycles. The van der Waals surface area contributed by atoms with E-state index in [0.29, 0.717) is 5.92 Å². The molecule has 0 bridgehead atoms. The number of nitrogens with one attached hydrogen (secondary N) is 1. The third kappa shape index (κ3) is 5.80. The minimum atomic E-state index is 0.624. The van der Waals surface area contributed by atoms with Gasteiger partial charge in [-0.1, -0.05) is 20.8 Å². The van der Waals surface area contributed by atoms with Crippen LogP contribution in [0.2, 0.25) is 0 Å². The van der Waals surface area contributed by atoms with E-state index >= 15 is 0 Å². The Kier molecular flexibility index (Phi) is 8.15. The van der Waals surface area contributed by atoms with Gasteiger partial charge in [0.05, 0.1) is 5.75 Å². The van der Waals surface area contributed by atoms with E-state index in [9.17, 15) is 0 Å². The van der Waals surface area contributed by atoms with E-state index in [1.165, 1.54) is 12.0 Å². The Morgan fingerprint density at radius 1 is 1.15 bits per heavy atom. The summed E-state index contributed by atoms with van der Waals surface area (Å²) in [6.07, 6.45) is 2.26. The minimum absolute atomic E-state index is 0.624. The van der Waals surface area contributed by atoms with E-state index < -0.39 is 0 Å². The van der Waals surface area contributed by atoms with Gasteiger partial charge in [-0.3, -0.25) is 0 Å². The molecular weight excluding hydrogens is 266 g/mol. The lowest BCUT2D eigenvalue weighted by Crippen LogP contribution is -2.23. The molecule has 1 rings (SSSR count). The van der Waals surface area contributed by atoms with Crippen LogP contribution >= 0.6 is 11.8 Å². The SMILES string of the molecule is CCCNCC(C)Cc1c(C)nc(CSCC)nc1C. The van der Waals surface area contributed by atoms with E-state index in [-0.39, 0.29) is 0 Å². The molecule has 0 amide bonds. The average molecular weight is 295 g/mol. The first-order chi connectivity index (χ1) is 9.58. The molecule has 1 N–H and O–H groups in total. The van der Waals surface area contributed by atoms with Crippen molar-refractivity contribution in [2.45, 2.75) is 53.2 Å². The molecule has 0 saturated carbocycles. The predicted molar refractivity (Wildman–Crippen MR) is 89.4 cm³/mol. The van der Waals surface area contributed by atoms with Crippen molar-refractivity contribution in [3.05, 3.63) is 22.8 Å². The van der Waals surface area contributed by atoms with Gasteiger partial charge in [-0.2, -0.15) is 11.8 Å². The summed E-state index contributed by atoms with van der Waals surface area (Å²) in [6, 6.07) is 0. The van der Waals surface area contributed by atoms with Crippen LogP contribution in [0.15, 0.2) is 0 Å². The number of hydrogen-bond acceptors (Lipinski definition) is 4. The second-order valence-electron chi connectivity index (χ2n) is 5.44. The highest BCUT2D eigenvalue weighted by molar-refractivity contribution is 7.98. The Bertz CT molecular complexity index is 384. The molecule has 114 valence electrons. The van der Waals surface area contributed by atoms with Crippen LogP contribution in [0.3, 0.4) is 0 Å². The molecular formula is C16H29N3S. The normalized spacial score (nSPS) is 12.7. The lowest BCUT2D eigenvalue weighted by atomic mass is 9.98. The van der Waals surface area contributed by atoms with Crippen molar-refractivity contribution in [3.63, 3.8) is 0 Å². The fraction of sp³-hybridized carbons (Fsp3) is 0.750. The lowest BCUT2D eigenvalue weighted by molar-refractivity contribution is 0.507. The fourth-order valence-electron chi connectivity index (χ4n) is 2.31. The van der Waals surface area contributed by atoms with Crippen LogP contribution in [0.4, 0.5) is 0 Å². The molecule has 1 aromatic heterocycles. The first kappa shape index (κ1) is 17.4. The summed E-state index contributed by atoms with van der Waals surface area (Å²) in [5.41, 5.74) is 3.65. The average Bonchev–Trinajstić information content (AvgIpc) is 2.41. The quantitative estimate of drug-likeness (QED) is 0.707. The van der Waals surface area contributed by atoms with Gasteiger partial charge in [0.25, 0.3) is 0 Å². The molecule has 0 aliphatic heterocycles. The Morgan fingerprint density at radius 3 is 2.35 bits per heavy atom. The molecule has 3 nitrogen and oxygen atoms in total. The van der Waals surface area contributed by atoms with Crippen molar-refractivity contribution < 1.29 is 0 Å². The van der Waals surface area contributed by atoms with Crippen molar-refractivity contribution in [2.75, 3.05) is 18.8 Å². The van der Waals surface area contributed by atoms with E-state index in [0.717, 1.165) is 48.2 Å². The summed E-state index contributed by atoms with van der Waals surface area (Å²) in [4.78, 5) is 9.34. The molecule has 1 unspecified atom stereocenters. The monoisotopic (exact) mass is 295 g/mol. The Morgan fingerprint density at radius 2 is 1.80 bits per heavy atom. The van der Waals surface area contributed by atoms with Crippen LogP contribution in [0.5, 0.6) is 0 Å². The molecule has 4 heteroatoms. The minimum Gasteiger partial charge on any atom is -0.316 e.